The summed E-state index contributed by atoms with van der Waals surface area (Å²) >= 11 is 0. The smallest absolute Gasteiger partial charge is 0.0594 e. The molecule has 2 saturated heterocycles. The molecule has 1 atom stereocenters. The average Bonchev–Trinajstić information content (AvgIpc) is 2.36. The molecule has 0 spiro atoms. The summed E-state index contributed by atoms with van der Waals surface area (Å²) in [5.41, 5.74) is 5.98. The van der Waals surface area contributed by atoms with Gasteiger partial charge < -0.3 is 15.4 Å². The molecule has 2 aliphatic heterocycles. The van der Waals surface area contributed by atoms with Crippen LogP contribution in [-0.4, -0.2) is 68.3 Å². The van der Waals surface area contributed by atoms with Crippen LogP contribution in [0.4, 0.5) is 0 Å². The lowest BCUT2D eigenvalue weighted by atomic mass is 10.1. The van der Waals surface area contributed by atoms with Crippen molar-refractivity contribution in [2.24, 2.45) is 5.73 Å². The zero-order valence-electron chi connectivity index (χ0n) is 10.9. The van der Waals surface area contributed by atoms with E-state index in [4.69, 9.17) is 10.5 Å². The van der Waals surface area contributed by atoms with Gasteiger partial charge in [-0.25, -0.2) is 0 Å². The van der Waals surface area contributed by atoms with E-state index in [0.717, 1.165) is 32.8 Å². The second kappa shape index (κ2) is 7.31. The number of ether oxygens (including phenoxy) is 1. The average molecular weight is 241 g/mol. The molecule has 0 aliphatic carbocycles. The minimum absolute atomic E-state index is 0.419. The highest BCUT2D eigenvalue weighted by atomic mass is 16.5. The molecule has 0 bridgehead atoms. The second-order valence-electron chi connectivity index (χ2n) is 5.36. The molecule has 17 heavy (non-hydrogen) atoms. The predicted molar refractivity (Wildman–Crippen MR) is 70.1 cm³/mol. The van der Waals surface area contributed by atoms with Crippen LogP contribution in [0.5, 0.6) is 0 Å². The Bertz CT molecular complexity index is 207. The van der Waals surface area contributed by atoms with Gasteiger partial charge in [-0.3, -0.25) is 4.90 Å². The topological polar surface area (TPSA) is 41.7 Å². The van der Waals surface area contributed by atoms with Crippen molar-refractivity contribution in [3.8, 4) is 0 Å². The molecule has 0 aromatic rings. The number of piperidine rings is 1. The van der Waals surface area contributed by atoms with E-state index in [1.165, 1.54) is 45.3 Å². The zero-order chi connectivity index (χ0) is 11.9. The first-order valence-corrected chi connectivity index (χ1v) is 7.12. The molecule has 0 aromatic carbocycles. The lowest BCUT2D eigenvalue weighted by molar-refractivity contribution is 0.0367. The molecule has 2 rings (SSSR count). The maximum atomic E-state index is 5.98. The summed E-state index contributed by atoms with van der Waals surface area (Å²) in [6.45, 7) is 8.91. The summed E-state index contributed by atoms with van der Waals surface area (Å²) < 4.78 is 5.35. The van der Waals surface area contributed by atoms with E-state index in [1.807, 2.05) is 0 Å². The molecule has 2 heterocycles. The fraction of sp³-hybridized carbons (Fsp3) is 1.00. The number of unbranched alkanes of at least 4 members (excludes halogenated alkanes) is 1. The molecule has 2 fully saturated rings. The Kier molecular flexibility index (Phi) is 5.71. The van der Waals surface area contributed by atoms with Gasteiger partial charge in [0.2, 0.25) is 0 Å². The Morgan fingerprint density at radius 2 is 1.71 bits per heavy atom. The SMILES string of the molecule is N[C@H]1CCCN(CCCCN2CCOCC2)C1. The van der Waals surface area contributed by atoms with E-state index in [9.17, 15) is 0 Å². The van der Waals surface area contributed by atoms with Crippen LogP contribution >= 0.6 is 0 Å². The van der Waals surface area contributed by atoms with Gasteiger partial charge in [0.25, 0.3) is 0 Å². The molecular weight excluding hydrogens is 214 g/mol. The van der Waals surface area contributed by atoms with Crippen LogP contribution in [0.2, 0.25) is 0 Å². The number of likely N-dealkylation sites (tertiary alicyclic amines) is 1. The first-order valence-electron chi connectivity index (χ1n) is 7.12. The monoisotopic (exact) mass is 241 g/mol. The lowest BCUT2D eigenvalue weighted by Gasteiger charge is -2.31. The van der Waals surface area contributed by atoms with Crippen molar-refractivity contribution in [3.63, 3.8) is 0 Å². The van der Waals surface area contributed by atoms with Gasteiger partial charge in [0.1, 0.15) is 0 Å². The van der Waals surface area contributed by atoms with E-state index in [0.29, 0.717) is 6.04 Å². The number of nitrogens with zero attached hydrogens (tertiary/aromatic N) is 2. The van der Waals surface area contributed by atoms with Gasteiger partial charge in [-0.2, -0.15) is 0 Å². The van der Waals surface area contributed by atoms with Crippen molar-refractivity contribution in [2.75, 3.05) is 52.5 Å². The van der Waals surface area contributed by atoms with Crippen molar-refractivity contribution >= 4 is 0 Å². The molecule has 100 valence electrons. The Hall–Kier alpha value is -0.160. The van der Waals surface area contributed by atoms with Crippen LogP contribution in [-0.2, 0) is 4.74 Å². The molecule has 2 aliphatic rings. The van der Waals surface area contributed by atoms with Crippen molar-refractivity contribution < 1.29 is 4.74 Å². The number of nitrogens with two attached hydrogens (primary N) is 1. The van der Waals surface area contributed by atoms with Crippen LogP contribution in [0, 0.1) is 0 Å². The highest BCUT2D eigenvalue weighted by Crippen LogP contribution is 2.09. The van der Waals surface area contributed by atoms with Crippen molar-refractivity contribution in [1.29, 1.82) is 0 Å². The number of hydrogen-bond acceptors (Lipinski definition) is 4. The second-order valence-corrected chi connectivity index (χ2v) is 5.36. The van der Waals surface area contributed by atoms with Gasteiger partial charge in [-0.15, -0.1) is 0 Å². The standard InChI is InChI=1S/C13H27N3O/c14-13-4-3-7-16(12-13)6-2-1-5-15-8-10-17-11-9-15/h13H,1-12,14H2/t13-/m0/s1. The quantitative estimate of drug-likeness (QED) is 0.713. The van der Waals surface area contributed by atoms with Gasteiger partial charge in [0.05, 0.1) is 13.2 Å². The van der Waals surface area contributed by atoms with E-state index in [2.05, 4.69) is 9.80 Å². The van der Waals surface area contributed by atoms with E-state index < -0.39 is 0 Å². The summed E-state index contributed by atoms with van der Waals surface area (Å²) in [6.07, 6.45) is 5.12. The molecule has 0 unspecified atom stereocenters. The Labute approximate surface area is 105 Å². The van der Waals surface area contributed by atoms with Crippen LogP contribution in [0.3, 0.4) is 0 Å². The normalized spacial score (nSPS) is 28.4. The summed E-state index contributed by atoms with van der Waals surface area (Å²) in [6, 6.07) is 0.419. The van der Waals surface area contributed by atoms with Gasteiger partial charge in [0, 0.05) is 25.7 Å². The third-order valence-corrected chi connectivity index (χ3v) is 3.84. The maximum Gasteiger partial charge on any atom is 0.0594 e. The fourth-order valence-electron chi connectivity index (χ4n) is 2.79. The molecule has 4 nitrogen and oxygen atoms in total. The van der Waals surface area contributed by atoms with E-state index in [-0.39, 0.29) is 0 Å². The number of rotatable bonds is 5. The largest absolute Gasteiger partial charge is 0.379 e. The summed E-state index contributed by atoms with van der Waals surface area (Å²) in [5.74, 6) is 0. The van der Waals surface area contributed by atoms with E-state index >= 15 is 0 Å². The molecular formula is C13H27N3O. The fourth-order valence-corrected chi connectivity index (χ4v) is 2.79. The molecule has 4 heteroatoms. The van der Waals surface area contributed by atoms with Crippen LogP contribution in [0.1, 0.15) is 25.7 Å². The summed E-state index contributed by atoms with van der Waals surface area (Å²) in [4.78, 5) is 5.05. The van der Waals surface area contributed by atoms with Crippen molar-refractivity contribution in [1.82, 2.24) is 9.80 Å². The third-order valence-electron chi connectivity index (χ3n) is 3.84. The predicted octanol–water partition coefficient (Wildman–Crippen LogP) is 0.522. The number of morpholine rings is 1. The first kappa shape index (κ1) is 13.3. The third kappa shape index (κ3) is 4.92. The minimum atomic E-state index is 0.419. The van der Waals surface area contributed by atoms with Crippen LogP contribution < -0.4 is 5.73 Å². The Morgan fingerprint density at radius 3 is 2.41 bits per heavy atom. The summed E-state index contributed by atoms with van der Waals surface area (Å²) in [5, 5.41) is 0. The molecule has 0 radical (unpaired) electrons. The van der Waals surface area contributed by atoms with Gasteiger partial charge in [-0.05, 0) is 45.3 Å². The van der Waals surface area contributed by atoms with Gasteiger partial charge in [-0.1, -0.05) is 0 Å². The van der Waals surface area contributed by atoms with Crippen LogP contribution in [0.15, 0.2) is 0 Å². The van der Waals surface area contributed by atoms with Crippen molar-refractivity contribution in [3.05, 3.63) is 0 Å². The van der Waals surface area contributed by atoms with Crippen molar-refractivity contribution in [2.45, 2.75) is 31.7 Å². The highest BCUT2D eigenvalue weighted by molar-refractivity contribution is 4.74. The minimum Gasteiger partial charge on any atom is -0.379 e. The van der Waals surface area contributed by atoms with Gasteiger partial charge >= 0.3 is 0 Å². The van der Waals surface area contributed by atoms with E-state index in [1.54, 1.807) is 0 Å². The molecule has 0 aromatic heterocycles. The zero-order valence-corrected chi connectivity index (χ0v) is 10.9. The lowest BCUT2D eigenvalue weighted by Crippen LogP contribution is -2.43. The number of hydrogen-bond donors (Lipinski definition) is 1. The Morgan fingerprint density at radius 1 is 1.00 bits per heavy atom. The molecule has 0 saturated carbocycles. The van der Waals surface area contributed by atoms with Crippen LogP contribution in [0.25, 0.3) is 0 Å². The summed E-state index contributed by atoms with van der Waals surface area (Å²) in [7, 11) is 0. The molecule has 0 amide bonds. The maximum absolute atomic E-state index is 5.98. The first-order chi connectivity index (χ1) is 8.34. The highest BCUT2D eigenvalue weighted by Gasteiger charge is 2.16. The Balaban J connectivity index is 1.50. The molecule has 2 N–H and O–H groups in total. The van der Waals surface area contributed by atoms with Gasteiger partial charge in [0.15, 0.2) is 0 Å².